The Balaban J connectivity index is 1.72. The van der Waals surface area contributed by atoms with E-state index in [0.717, 1.165) is 5.69 Å². The van der Waals surface area contributed by atoms with Gasteiger partial charge < -0.3 is 16.4 Å². The van der Waals surface area contributed by atoms with Crippen LogP contribution in [0.3, 0.4) is 0 Å². The van der Waals surface area contributed by atoms with Crippen LogP contribution >= 0.6 is 0 Å². The third-order valence-electron chi connectivity index (χ3n) is 3.83. The minimum Gasteiger partial charge on any atom is -0.382 e. The second-order valence-corrected chi connectivity index (χ2v) is 5.43. The summed E-state index contributed by atoms with van der Waals surface area (Å²) in [6, 6.07) is 3.62. The first kappa shape index (κ1) is 15.7. The molecule has 2 heterocycles. The van der Waals surface area contributed by atoms with Gasteiger partial charge in [0.05, 0.1) is 11.7 Å². The largest absolute Gasteiger partial charge is 0.382 e. The lowest BCUT2D eigenvalue weighted by Gasteiger charge is -2.24. The summed E-state index contributed by atoms with van der Waals surface area (Å²) in [6.45, 7) is 5.21. The summed E-state index contributed by atoms with van der Waals surface area (Å²) in [6.07, 6.45) is 3.46. The summed E-state index contributed by atoms with van der Waals surface area (Å²) in [5, 5.41) is 6.05. The Morgan fingerprint density at radius 3 is 2.71 bits per heavy atom. The summed E-state index contributed by atoms with van der Waals surface area (Å²) in [4.78, 5) is 16.1. The average molecular weight is 292 g/mol. The highest BCUT2D eigenvalue weighted by molar-refractivity contribution is 5.82. The zero-order chi connectivity index (χ0) is 15.2. The van der Waals surface area contributed by atoms with E-state index in [1.807, 2.05) is 26.0 Å². The maximum atomic E-state index is 12.1. The monoisotopic (exact) mass is 292 g/mol. The Bertz CT molecular complexity index is 444. The Kier molecular flexibility index (Phi) is 5.49. The Morgan fingerprint density at radius 1 is 1.38 bits per heavy atom. The molecule has 3 unspecified atom stereocenters. The number of carbonyl (C=O) groups excluding carboxylic acids is 1. The zero-order valence-electron chi connectivity index (χ0n) is 12.5. The van der Waals surface area contributed by atoms with E-state index in [0.29, 0.717) is 13.1 Å². The summed E-state index contributed by atoms with van der Waals surface area (Å²) < 4.78 is 0. The van der Waals surface area contributed by atoms with Crippen LogP contribution in [-0.2, 0) is 4.79 Å². The number of pyridine rings is 1. The second kappa shape index (κ2) is 7.35. The van der Waals surface area contributed by atoms with Crippen LogP contribution in [0, 0.1) is 5.92 Å². The molecule has 0 aliphatic carbocycles. The van der Waals surface area contributed by atoms with E-state index in [9.17, 15) is 4.79 Å². The van der Waals surface area contributed by atoms with Gasteiger partial charge in [-0.25, -0.2) is 0 Å². The van der Waals surface area contributed by atoms with Crippen molar-refractivity contribution in [2.24, 2.45) is 11.7 Å². The fourth-order valence-corrected chi connectivity index (χ4v) is 2.66. The van der Waals surface area contributed by atoms with Gasteiger partial charge in [-0.05, 0) is 26.0 Å². The lowest BCUT2D eigenvalue weighted by Crippen LogP contribution is -2.51. The maximum Gasteiger partial charge on any atom is 0.237 e. The minimum absolute atomic E-state index is 0.0799. The quantitative estimate of drug-likeness (QED) is 0.450. The van der Waals surface area contributed by atoms with E-state index < -0.39 is 6.04 Å². The molecule has 1 aliphatic rings. The van der Waals surface area contributed by atoms with Crippen molar-refractivity contribution in [3.05, 3.63) is 24.5 Å². The predicted molar refractivity (Wildman–Crippen MR) is 82.4 cm³/mol. The van der Waals surface area contributed by atoms with Crippen molar-refractivity contribution in [3.63, 3.8) is 0 Å². The summed E-state index contributed by atoms with van der Waals surface area (Å²) in [7, 11) is 0. The van der Waals surface area contributed by atoms with Gasteiger partial charge in [0.1, 0.15) is 0 Å². The fraction of sp³-hybridized carbons (Fsp3) is 0.571. The van der Waals surface area contributed by atoms with Gasteiger partial charge in [0.15, 0.2) is 0 Å². The van der Waals surface area contributed by atoms with E-state index in [1.165, 1.54) is 0 Å². The number of anilines is 1. The van der Waals surface area contributed by atoms with Gasteiger partial charge in [0, 0.05) is 43.5 Å². The van der Waals surface area contributed by atoms with Crippen molar-refractivity contribution < 1.29 is 4.79 Å². The number of nitrogens with zero attached hydrogens (tertiary/aromatic N) is 1. The molecule has 1 saturated heterocycles. The first-order valence-corrected chi connectivity index (χ1v) is 7.28. The van der Waals surface area contributed by atoms with E-state index in [4.69, 9.17) is 5.73 Å². The predicted octanol–water partition coefficient (Wildman–Crippen LogP) is -0.562. The van der Waals surface area contributed by atoms with Crippen LogP contribution in [0.2, 0.25) is 0 Å². The number of hydrazine groups is 1. The van der Waals surface area contributed by atoms with Crippen molar-refractivity contribution in [2.45, 2.75) is 32.0 Å². The van der Waals surface area contributed by atoms with Crippen LogP contribution in [0.25, 0.3) is 0 Å². The third-order valence-corrected chi connectivity index (χ3v) is 3.83. The van der Waals surface area contributed by atoms with Gasteiger partial charge in [-0.1, -0.05) is 0 Å². The molecule has 1 aliphatic heterocycles. The number of nitrogens with two attached hydrogens (primary N) is 1. The molecule has 1 aromatic heterocycles. The highest BCUT2D eigenvalue weighted by atomic mass is 16.2. The number of rotatable bonds is 6. The molecule has 0 aromatic carbocycles. The van der Waals surface area contributed by atoms with Gasteiger partial charge in [-0.3, -0.25) is 20.6 Å². The van der Waals surface area contributed by atoms with Gasteiger partial charge in [0.2, 0.25) is 5.91 Å². The summed E-state index contributed by atoms with van der Waals surface area (Å²) >= 11 is 0. The second-order valence-electron chi connectivity index (χ2n) is 5.43. The van der Waals surface area contributed by atoms with E-state index in [2.05, 4.69) is 26.5 Å². The molecule has 6 N–H and O–H groups in total. The average Bonchev–Trinajstić information content (AvgIpc) is 2.83. The minimum atomic E-state index is -0.518. The molecule has 21 heavy (non-hydrogen) atoms. The van der Waals surface area contributed by atoms with Crippen molar-refractivity contribution in [1.82, 2.24) is 21.2 Å². The number of carbonyl (C=O) groups is 1. The Hall–Kier alpha value is -1.70. The molecule has 116 valence electrons. The van der Waals surface area contributed by atoms with Crippen LogP contribution < -0.4 is 27.2 Å². The lowest BCUT2D eigenvalue weighted by atomic mass is 9.88. The summed E-state index contributed by atoms with van der Waals surface area (Å²) in [5.41, 5.74) is 13.2. The summed E-state index contributed by atoms with van der Waals surface area (Å²) in [5.74, 6) is -0.0338. The molecule has 0 radical (unpaired) electrons. The standard InChI is InChI=1S/C14H24N6O/c1-9-12(10(2)20-19-9)13(15)14(21)18-7-6-17-11-4-3-5-16-8-11/h3-5,8-10,12-13,17,19-20H,6-7,15H2,1-2H3,(H,18,21). The van der Waals surface area contributed by atoms with Crippen LogP contribution in [0.15, 0.2) is 24.5 Å². The van der Waals surface area contributed by atoms with Crippen LogP contribution in [0.4, 0.5) is 5.69 Å². The molecule has 0 spiro atoms. The number of nitrogens with one attached hydrogen (secondary N) is 4. The number of hydrogen-bond donors (Lipinski definition) is 5. The first-order chi connectivity index (χ1) is 10.1. The molecule has 1 aromatic rings. The van der Waals surface area contributed by atoms with Crippen LogP contribution in [0.5, 0.6) is 0 Å². The first-order valence-electron chi connectivity index (χ1n) is 7.28. The number of amides is 1. The fourth-order valence-electron chi connectivity index (χ4n) is 2.66. The van der Waals surface area contributed by atoms with Crippen molar-refractivity contribution in [3.8, 4) is 0 Å². The molecule has 1 amide bonds. The smallest absolute Gasteiger partial charge is 0.237 e. The van der Waals surface area contributed by atoms with Crippen LogP contribution in [-0.4, -0.2) is 42.1 Å². The highest BCUT2D eigenvalue weighted by Crippen LogP contribution is 2.17. The Morgan fingerprint density at radius 2 is 2.10 bits per heavy atom. The zero-order valence-corrected chi connectivity index (χ0v) is 12.5. The molecular weight excluding hydrogens is 268 g/mol. The Labute approximate surface area is 125 Å². The number of aromatic nitrogens is 1. The van der Waals surface area contributed by atoms with E-state index in [1.54, 1.807) is 12.4 Å². The van der Waals surface area contributed by atoms with E-state index in [-0.39, 0.29) is 23.9 Å². The SMILES string of the molecule is CC1NNC(C)C1C(N)C(=O)NCCNc1cccnc1. The van der Waals surface area contributed by atoms with Gasteiger partial charge in [0.25, 0.3) is 0 Å². The van der Waals surface area contributed by atoms with E-state index >= 15 is 0 Å². The lowest BCUT2D eigenvalue weighted by molar-refractivity contribution is -0.123. The third kappa shape index (κ3) is 4.13. The molecule has 0 saturated carbocycles. The topological polar surface area (TPSA) is 104 Å². The normalized spacial score (nSPS) is 26.3. The molecule has 7 heteroatoms. The highest BCUT2D eigenvalue weighted by Gasteiger charge is 2.37. The maximum absolute atomic E-state index is 12.1. The van der Waals surface area contributed by atoms with Crippen molar-refractivity contribution >= 4 is 11.6 Å². The van der Waals surface area contributed by atoms with Gasteiger partial charge >= 0.3 is 0 Å². The van der Waals surface area contributed by atoms with Gasteiger partial charge in [-0.2, -0.15) is 0 Å². The van der Waals surface area contributed by atoms with Gasteiger partial charge in [-0.15, -0.1) is 0 Å². The van der Waals surface area contributed by atoms with Crippen molar-refractivity contribution in [2.75, 3.05) is 18.4 Å². The van der Waals surface area contributed by atoms with Crippen molar-refractivity contribution in [1.29, 1.82) is 0 Å². The molecule has 1 fully saturated rings. The number of hydrogen-bond acceptors (Lipinski definition) is 6. The molecule has 0 bridgehead atoms. The molecule has 7 nitrogen and oxygen atoms in total. The molecular formula is C14H24N6O. The molecule has 3 atom stereocenters. The molecule has 2 rings (SSSR count). The van der Waals surface area contributed by atoms with Crippen LogP contribution in [0.1, 0.15) is 13.8 Å².